The van der Waals surface area contributed by atoms with Crippen molar-refractivity contribution in [1.29, 1.82) is 0 Å². The molecule has 23 heavy (non-hydrogen) atoms. The summed E-state index contributed by atoms with van der Waals surface area (Å²) < 4.78 is 10.2. The highest BCUT2D eigenvalue weighted by Crippen LogP contribution is 2.30. The van der Waals surface area contributed by atoms with E-state index in [4.69, 9.17) is 22.1 Å². The Morgan fingerprint density at radius 1 is 1.17 bits per heavy atom. The molecule has 0 aliphatic heterocycles. The van der Waals surface area contributed by atoms with E-state index in [0.717, 1.165) is 34.0 Å². The first-order chi connectivity index (χ1) is 11.0. The van der Waals surface area contributed by atoms with Crippen molar-refractivity contribution in [3.63, 3.8) is 0 Å². The molecule has 0 fully saturated rings. The highest BCUT2D eigenvalue weighted by molar-refractivity contribution is 7.07. The van der Waals surface area contributed by atoms with Crippen LogP contribution in [0.5, 0.6) is 10.9 Å². The van der Waals surface area contributed by atoms with Crippen LogP contribution < -0.4 is 10.5 Å². The van der Waals surface area contributed by atoms with Crippen molar-refractivity contribution in [2.24, 2.45) is 0 Å². The van der Waals surface area contributed by atoms with Crippen LogP contribution in [0.25, 0.3) is 0 Å². The lowest BCUT2D eigenvalue weighted by molar-refractivity contribution is 0.473. The van der Waals surface area contributed by atoms with E-state index in [1.54, 1.807) is 0 Å². The number of halogens is 1. The number of nitrogens with two attached hydrogens (primary N) is 1. The van der Waals surface area contributed by atoms with Crippen molar-refractivity contribution in [2.45, 2.75) is 20.3 Å². The number of anilines is 1. The minimum absolute atomic E-state index is 0.522. The van der Waals surface area contributed by atoms with Gasteiger partial charge in [-0.25, -0.2) is 0 Å². The zero-order valence-corrected chi connectivity index (χ0v) is 14.4. The van der Waals surface area contributed by atoms with Crippen LogP contribution in [0.3, 0.4) is 0 Å². The maximum atomic E-state index is 6.00. The Kier molecular flexibility index (Phi) is 4.50. The number of hydrogen-bond acceptors (Lipinski definition) is 5. The van der Waals surface area contributed by atoms with Crippen molar-refractivity contribution < 1.29 is 4.74 Å². The van der Waals surface area contributed by atoms with E-state index in [1.807, 2.05) is 50.2 Å². The second-order valence-electron chi connectivity index (χ2n) is 5.36. The summed E-state index contributed by atoms with van der Waals surface area (Å²) in [4.78, 5) is 4.43. The molecule has 0 aliphatic carbocycles. The van der Waals surface area contributed by atoms with Crippen molar-refractivity contribution in [2.75, 3.05) is 5.73 Å². The van der Waals surface area contributed by atoms with Crippen LogP contribution >= 0.6 is 23.1 Å². The predicted octanol–water partition coefficient (Wildman–Crippen LogP) is 4.77. The third-order valence-corrected chi connectivity index (χ3v) is 4.33. The van der Waals surface area contributed by atoms with Gasteiger partial charge in [0, 0.05) is 28.7 Å². The topological polar surface area (TPSA) is 61.0 Å². The third-order valence-electron chi connectivity index (χ3n) is 3.46. The summed E-state index contributed by atoms with van der Waals surface area (Å²) in [5, 5.41) is 1.23. The zero-order chi connectivity index (χ0) is 16.4. The first-order valence-electron chi connectivity index (χ1n) is 7.13. The summed E-state index contributed by atoms with van der Waals surface area (Å²) >= 11 is 7.23. The quantitative estimate of drug-likeness (QED) is 0.691. The van der Waals surface area contributed by atoms with Crippen LogP contribution in [0.1, 0.15) is 22.5 Å². The number of aromatic nitrogens is 2. The highest BCUT2D eigenvalue weighted by atomic mass is 35.5. The Hall–Kier alpha value is -2.11. The first kappa shape index (κ1) is 15.8. The Labute approximate surface area is 144 Å². The molecule has 0 amide bonds. The summed E-state index contributed by atoms with van der Waals surface area (Å²) in [5.74, 6) is 1.47. The van der Waals surface area contributed by atoms with Gasteiger partial charge in [0.1, 0.15) is 5.75 Å². The van der Waals surface area contributed by atoms with E-state index >= 15 is 0 Å². The molecule has 0 spiro atoms. The van der Waals surface area contributed by atoms with E-state index in [1.165, 1.54) is 11.5 Å². The van der Waals surface area contributed by atoms with Crippen LogP contribution in [0.4, 0.5) is 5.69 Å². The molecule has 2 N–H and O–H groups in total. The lowest BCUT2D eigenvalue weighted by Crippen LogP contribution is -1.94. The average molecular weight is 346 g/mol. The molecule has 3 aromatic rings. The highest BCUT2D eigenvalue weighted by Gasteiger charge is 2.10. The normalized spacial score (nSPS) is 10.7. The van der Waals surface area contributed by atoms with Gasteiger partial charge in [-0.15, -0.1) is 0 Å². The molecule has 3 rings (SSSR count). The Balaban J connectivity index is 1.76. The molecule has 0 saturated heterocycles. The van der Waals surface area contributed by atoms with Gasteiger partial charge in [-0.2, -0.15) is 9.36 Å². The number of nitrogens with zero attached hydrogens (tertiary/aromatic N) is 2. The molecule has 4 nitrogen and oxygen atoms in total. The average Bonchev–Trinajstić information content (AvgIpc) is 2.92. The van der Waals surface area contributed by atoms with Gasteiger partial charge in [-0.1, -0.05) is 23.7 Å². The lowest BCUT2D eigenvalue weighted by Gasteiger charge is -2.08. The summed E-state index contributed by atoms with van der Waals surface area (Å²) in [5.41, 5.74) is 9.68. The van der Waals surface area contributed by atoms with Crippen LogP contribution in [-0.4, -0.2) is 9.36 Å². The molecule has 6 heteroatoms. The fraction of sp³-hybridized carbons (Fsp3) is 0.176. The molecule has 2 aromatic carbocycles. The predicted molar refractivity (Wildman–Crippen MR) is 94.6 cm³/mol. The van der Waals surface area contributed by atoms with Gasteiger partial charge in [0.05, 0.1) is 0 Å². The second kappa shape index (κ2) is 6.56. The zero-order valence-electron chi connectivity index (χ0n) is 12.8. The molecule has 0 aliphatic rings. The van der Waals surface area contributed by atoms with Gasteiger partial charge in [-0.3, -0.25) is 0 Å². The van der Waals surface area contributed by atoms with E-state index in [0.29, 0.717) is 16.6 Å². The maximum Gasteiger partial charge on any atom is 0.298 e. The summed E-state index contributed by atoms with van der Waals surface area (Å²) in [6, 6.07) is 11.5. The van der Waals surface area contributed by atoms with E-state index in [-0.39, 0.29) is 0 Å². The maximum absolute atomic E-state index is 6.00. The number of ether oxygens (including phenoxy) is 1. The standard InChI is InChI=1S/C17H16ClN3OS/c1-10-7-15(11(2)6-14(10)19)22-17-20-16(21-23-17)9-12-4-3-5-13(18)8-12/h3-8H,9,19H2,1-2H3. The third kappa shape index (κ3) is 3.81. The summed E-state index contributed by atoms with van der Waals surface area (Å²) in [6.45, 7) is 3.91. The van der Waals surface area contributed by atoms with Crippen LogP contribution in [0.2, 0.25) is 5.02 Å². The number of nitrogen functional groups attached to an aromatic ring is 1. The van der Waals surface area contributed by atoms with Crippen molar-refractivity contribution in [3.8, 4) is 10.9 Å². The smallest absolute Gasteiger partial charge is 0.298 e. The number of rotatable bonds is 4. The molecular formula is C17H16ClN3OS. The first-order valence-corrected chi connectivity index (χ1v) is 8.28. The number of benzene rings is 2. The van der Waals surface area contributed by atoms with Gasteiger partial charge < -0.3 is 10.5 Å². The Morgan fingerprint density at radius 3 is 2.78 bits per heavy atom. The van der Waals surface area contributed by atoms with E-state index < -0.39 is 0 Å². The van der Waals surface area contributed by atoms with Crippen LogP contribution in [0, 0.1) is 13.8 Å². The SMILES string of the molecule is Cc1cc(Oc2nc(Cc3cccc(Cl)c3)ns2)c(C)cc1N. The van der Waals surface area contributed by atoms with Crippen LogP contribution in [-0.2, 0) is 6.42 Å². The minimum Gasteiger partial charge on any atom is -0.430 e. The number of hydrogen-bond donors (Lipinski definition) is 1. The molecule has 1 heterocycles. The molecule has 118 valence electrons. The molecule has 0 unspecified atom stereocenters. The minimum atomic E-state index is 0.522. The molecule has 0 atom stereocenters. The van der Waals surface area contributed by atoms with Gasteiger partial charge >= 0.3 is 0 Å². The van der Waals surface area contributed by atoms with Crippen LogP contribution in [0.15, 0.2) is 36.4 Å². The lowest BCUT2D eigenvalue weighted by atomic mass is 10.1. The van der Waals surface area contributed by atoms with Gasteiger partial charge in [-0.05, 0) is 54.8 Å². The molecule has 1 aromatic heterocycles. The van der Waals surface area contributed by atoms with Gasteiger partial charge in [0.25, 0.3) is 5.19 Å². The summed E-state index contributed by atoms with van der Waals surface area (Å²) in [6.07, 6.45) is 0.625. The second-order valence-corrected chi connectivity index (χ2v) is 6.51. The molecular weight excluding hydrogens is 330 g/mol. The van der Waals surface area contributed by atoms with Crippen molar-refractivity contribution in [1.82, 2.24) is 9.36 Å². The monoisotopic (exact) mass is 345 g/mol. The fourth-order valence-electron chi connectivity index (χ4n) is 2.20. The molecule has 0 bridgehead atoms. The van der Waals surface area contributed by atoms with Gasteiger partial charge in [0.2, 0.25) is 0 Å². The number of aryl methyl sites for hydroxylation is 2. The molecule has 0 saturated carbocycles. The Bertz CT molecular complexity index is 848. The molecule has 0 radical (unpaired) electrons. The van der Waals surface area contributed by atoms with Gasteiger partial charge in [0.15, 0.2) is 5.82 Å². The van der Waals surface area contributed by atoms with Crippen molar-refractivity contribution >= 4 is 28.8 Å². The summed E-state index contributed by atoms with van der Waals surface area (Å²) in [7, 11) is 0. The van der Waals surface area contributed by atoms with E-state index in [9.17, 15) is 0 Å². The van der Waals surface area contributed by atoms with Crippen molar-refractivity contribution in [3.05, 3.63) is 63.9 Å². The Morgan fingerprint density at radius 2 is 2.00 bits per heavy atom. The fourth-order valence-corrected chi connectivity index (χ4v) is 2.97. The largest absolute Gasteiger partial charge is 0.430 e. The van der Waals surface area contributed by atoms with E-state index in [2.05, 4.69) is 9.36 Å².